The highest BCUT2D eigenvalue weighted by Crippen LogP contribution is 2.23. The Bertz CT molecular complexity index is 1280. The molecule has 3 aromatic rings. The van der Waals surface area contributed by atoms with Crippen molar-refractivity contribution in [2.45, 2.75) is 37.6 Å². The minimum absolute atomic E-state index is 0.132. The largest absolute Gasteiger partial charge is 0.459 e. The Hall–Kier alpha value is -3.43. The molecule has 1 aromatic heterocycles. The lowest BCUT2D eigenvalue weighted by atomic mass is 10.1. The molecule has 0 radical (unpaired) electrons. The maximum absolute atomic E-state index is 13.0. The fraction of sp³-hybridized carbons (Fsp3) is 0.280. The van der Waals surface area contributed by atoms with Crippen molar-refractivity contribution in [3.05, 3.63) is 83.3 Å². The third-order valence-electron chi connectivity index (χ3n) is 5.79. The first kappa shape index (κ1) is 23.7. The molecule has 8 nitrogen and oxygen atoms in total. The van der Waals surface area contributed by atoms with Crippen molar-refractivity contribution >= 4 is 27.5 Å². The number of anilines is 1. The van der Waals surface area contributed by atoms with E-state index in [0.717, 1.165) is 24.8 Å². The second-order valence-electron chi connectivity index (χ2n) is 8.26. The Kier molecular flexibility index (Phi) is 7.14. The topological polar surface area (TPSA) is 109 Å². The predicted molar refractivity (Wildman–Crippen MR) is 128 cm³/mol. The highest BCUT2D eigenvalue weighted by atomic mass is 32.2. The van der Waals surface area contributed by atoms with Gasteiger partial charge in [0.1, 0.15) is 0 Å². The number of sulfonamides is 1. The third kappa shape index (κ3) is 5.37. The first-order chi connectivity index (χ1) is 16.3. The zero-order valence-electron chi connectivity index (χ0n) is 18.9. The van der Waals surface area contributed by atoms with Gasteiger partial charge in [-0.2, -0.15) is 4.31 Å². The molecule has 0 aliphatic carbocycles. The minimum atomic E-state index is -3.63. The quantitative estimate of drug-likeness (QED) is 0.531. The van der Waals surface area contributed by atoms with Crippen LogP contribution in [-0.4, -0.2) is 37.6 Å². The van der Waals surface area contributed by atoms with Gasteiger partial charge in [0, 0.05) is 30.9 Å². The Balaban J connectivity index is 1.44. The summed E-state index contributed by atoms with van der Waals surface area (Å²) in [5, 5.41) is 5.60. The molecule has 1 fully saturated rings. The van der Waals surface area contributed by atoms with Gasteiger partial charge in [-0.1, -0.05) is 24.6 Å². The van der Waals surface area contributed by atoms with E-state index in [2.05, 4.69) is 10.6 Å². The maximum atomic E-state index is 13.0. The zero-order valence-corrected chi connectivity index (χ0v) is 19.7. The fourth-order valence-corrected chi connectivity index (χ4v) is 5.44. The van der Waals surface area contributed by atoms with Crippen LogP contribution in [0.2, 0.25) is 0 Å². The van der Waals surface area contributed by atoms with E-state index >= 15 is 0 Å². The number of carbonyl (C=O) groups excluding carboxylic acids is 2. The number of carbonyl (C=O) groups is 2. The van der Waals surface area contributed by atoms with Crippen molar-refractivity contribution in [1.82, 2.24) is 9.62 Å². The molecule has 0 spiro atoms. The summed E-state index contributed by atoms with van der Waals surface area (Å²) in [5.41, 5.74) is 2.36. The van der Waals surface area contributed by atoms with Crippen LogP contribution in [0.3, 0.4) is 0 Å². The molecule has 0 unspecified atom stereocenters. The summed E-state index contributed by atoms with van der Waals surface area (Å²) in [4.78, 5) is 25.2. The molecule has 2 aromatic carbocycles. The normalized spacial score (nSPS) is 14.5. The number of nitrogens with one attached hydrogen (secondary N) is 2. The van der Waals surface area contributed by atoms with E-state index in [1.165, 1.54) is 16.6 Å². The van der Waals surface area contributed by atoms with Gasteiger partial charge >= 0.3 is 0 Å². The molecule has 4 rings (SSSR count). The smallest absolute Gasteiger partial charge is 0.291 e. The number of furan rings is 1. The van der Waals surface area contributed by atoms with Gasteiger partial charge < -0.3 is 15.1 Å². The molecule has 0 saturated carbocycles. The van der Waals surface area contributed by atoms with Crippen molar-refractivity contribution < 1.29 is 22.4 Å². The molecule has 2 N–H and O–H groups in total. The van der Waals surface area contributed by atoms with E-state index in [4.69, 9.17) is 4.42 Å². The van der Waals surface area contributed by atoms with Crippen molar-refractivity contribution in [1.29, 1.82) is 0 Å². The first-order valence-electron chi connectivity index (χ1n) is 11.2. The van der Waals surface area contributed by atoms with Gasteiger partial charge in [-0.25, -0.2) is 8.42 Å². The van der Waals surface area contributed by atoms with Crippen LogP contribution in [0.15, 0.2) is 70.2 Å². The monoisotopic (exact) mass is 481 g/mol. The van der Waals surface area contributed by atoms with Crippen LogP contribution in [0.4, 0.5) is 5.69 Å². The van der Waals surface area contributed by atoms with E-state index in [9.17, 15) is 18.0 Å². The number of hydrogen-bond acceptors (Lipinski definition) is 5. The van der Waals surface area contributed by atoms with E-state index in [-0.39, 0.29) is 29.0 Å². The van der Waals surface area contributed by atoms with E-state index in [1.807, 2.05) is 6.07 Å². The molecular formula is C25H27N3O5S. The molecule has 9 heteroatoms. The Labute approximate surface area is 199 Å². The Morgan fingerprint density at radius 1 is 0.971 bits per heavy atom. The summed E-state index contributed by atoms with van der Waals surface area (Å²) in [6, 6.07) is 15.0. The molecule has 1 aliphatic rings. The van der Waals surface area contributed by atoms with Gasteiger partial charge in [-0.3, -0.25) is 9.59 Å². The van der Waals surface area contributed by atoms with Gasteiger partial charge in [0.25, 0.3) is 11.8 Å². The number of nitrogens with zero attached hydrogens (tertiary/aromatic N) is 1. The van der Waals surface area contributed by atoms with Gasteiger partial charge in [0.2, 0.25) is 10.0 Å². The van der Waals surface area contributed by atoms with Crippen LogP contribution >= 0.6 is 0 Å². The number of piperidine rings is 1. The van der Waals surface area contributed by atoms with Crippen LogP contribution in [-0.2, 0) is 16.6 Å². The molecule has 178 valence electrons. The van der Waals surface area contributed by atoms with Gasteiger partial charge in [0.05, 0.1) is 11.2 Å². The molecule has 0 atom stereocenters. The molecule has 1 saturated heterocycles. The van der Waals surface area contributed by atoms with Crippen LogP contribution < -0.4 is 10.6 Å². The first-order valence-corrected chi connectivity index (χ1v) is 12.6. The van der Waals surface area contributed by atoms with Gasteiger partial charge in [0.15, 0.2) is 5.76 Å². The van der Waals surface area contributed by atoms with Crippen LogP contribution in [0.25, 0.3) is 0 Å². The summed E-state index contributed by atoms with van der Waals surface area (Å²) >= 11 is 0. The average molecular weight is 482 g/mol. The zero-order chi connectivity index (χ0) is 24.1. The van der Waals surface area contributed by atoms with Crippen LogP contribution in [0.1, 0.15) is 51.3 Å². The summed E-state index contributed by atoms with van der Waals surface area (Å²) in [6.45, 7) is 3.00. The highest BCUT2D eigenvalue weighted by molar-refractivity contribution is 7.89. The second-order valence-corrected chi connectivity index (χ2v) is 10.2. The van der Waals surface area contributed by atoms with Crippen LogP contribution in [0.5, 0.6) is 0 Å². The molecule has 2 heterocycles. The van der Waals surface area contributed by atoms with E-state index in [0.29, 0.717) is 29.9 Å². The summed E-state index contributed by atoms with van der Waals surface area (Å²) in [5.74, 6) is -0.527. The molecular weight excluding hydrogens is 454 g/mol. The highest BCUT2D eigenvalue weighted by Gasteiger charge is 2.27. The third-order valence-corrected chi connectivity index (χ3v) is 7.68. The number of amides is 2. The molecule has 0 bridgehead atoms. The van der Waals surface area contributed by atoms with Crippen LogP contribution in [0, 0.1) is 6.92 Å². The Morgan fingerprint density at radius 3 is 2.50 bits per heavy atom. The van der Waals surface area contributed by atoms with E-state index in [1.54, 1.807) is 49.4 Å². The predicted octanol–water partition coefficient (Wildman–Crippen LogP) is 3.94. The standard InChI is InChI=1S/C25H27N3O5S/c1-18-10-11-21(34(31,32)28-12-3-2-4-13-28)16-22(18)24(29)26-17-19-7-5-8-20(15-19)27-25(30)23-9-6-14-33-23/h5-11,14-16H,2-4,12-13,17H2,1H3,(H,26,29)(H,27,30). The number of aryl methyl sites for hydroxylation is 1. The number of hydrogen-bond donors (Lipinski definition) is 2. The lowest BCUT2D eigenvalue weighted by molar-refractivity contribution is 0.0948. The van der Waals surface area contributed by atoms with Crippen molar-refractivity contribution in [2.75, 3.05) is 18.4 Å². The van der Waals surface area contributed by atoms with Gasteiger partial charge in [-0.05, 0) is 67.3 Å². The number of benzene rings is 2. The Morgan fingerprint density at radius 2 is 1.76 bits per heavy atom. The second kappa shape index (κ2) is 10.2. The summed E-state index contributed by atoms with van der Waals surface area (Å²) < 4.78 is 32.6. The van der Waals surface area contributed by atoms with Crippen molar-refractivity contribution in [3.8, 4) is 0 Å². The lowest BCUT2D eigenvalue weighted by Crippen LogP contribution is -2.35. The lowest BCUT2D eigenvalue weighted by Gasteiger charge is -2.26. The maximum Gasteiger partial charge on any atom is 0.291 e. The van der Waals surface area contributed by atoms with Crippen molar-refractivity contribution in [2.24, 2.45) is 0 Å². The van der Waals surface area contributed by atoms with E-state index < -0.39 is 10.0 Å². The molecule has 34 heavy (non-hydrogen) atoms. The van der Waals surface area contributed by atoms with Crippen molar-refractivity contribution in [3.63, 3.8) is 0 Å². The minimum Gasteiger partial charge on any atom is -0.459 e. The fourth-order valence-electron chi connectivity index (χ4n) is 3.90. The molecule has 1 aliphatic heterocycles. The SMILES string of the molecule is Cc1ccc(S(=O)(=O)N2CCCCC2)cc1C(=O)NCc1cccc(NC(=O)c2ccco2)c1. The van der Waals surface area contributed by atoms with Gasteiger partial charge in [-0.15, -0.1) is 0 Å². The summed E-state index contributed by atoms with van der Waals surface area (Å²) in [6.07, 6.45) is 4.15. The number of rotatable bonds is 7. The molecule has 2 amide bonds. The average Bonchev–Trinajstić information content (AvgIpc) is 3.39. The summed E-state index contributed by atoms with van der Waals surface area (Å²) in [7, 11) is -3.63.